The van der Waals surface area contributed by atoms with E-state index in [1.54, 1.807) is 16.9 Å². The molecule has 0 fully saturated rings. The molecule has 140 valence electrons. The topological polar surface area (TPSA) is 85.1 Å². The molecule has 0 saturated heterocycles. The van der Waals surface area contributed by atoms with Gasteiger partial charge in [-0.1, -0.05) is 17.8 Å². The van der Waals surface area contributed by atoms with Crippen molar-refractivity contribution in [2.45, 2.75) is 19.0 Å². The monoisotopic (exact) mass is 390 g/mol. The van der Waals surface area contributed by atoms with Crippen LogP contribution >= 0.6 is 11.8 Å². The molecule has 0 spiro atoms. The van der Waals surface area contributed by atoms with Crippen LogP contribution in [0.5, 0.6) is 0 Å². The Morgan fingerprint density at radius 2 is 1.79 bits per heavy atom. The van der Waals surface area contributed by atoms with Crippen LogP contribution < -0.4 is 5.32 Å². The van der Waals surface area contributed by atoms with E-state index in [0.29, 0.717) is 10.8 Å². The Hall–Kier alpha value is -3.26. The van der Waals surface area contributed by atoms with E-state index in [1.807, 2.05) is 50.2 Å². The van der Waals surface area contributed by atoms with E-state index in [4.69, 9.17) is 0 Å². The highest BCUT2D eigenvalue weighted by atomic mass is 32.2. The van der Waals surface area contributed by atoms with Crippen LogP contribution in [-0.4, -0.2) is 36.5 Å². The molecule has 1 N–H and O–H groups in total. The maximum absolute atomic E-state index is 12.3. The Morgan fingerprint density at radius 1 is 1.04 bits per heavy atom. The minimum absolute atomic E-state index is 0.1000. The molecule has 0 unspecified atom stereocenters. The third kappa shape index (κ3) is 4.01. The Bertz CT molecular complexity index is 1120. The number of benzene rings is 1. The van der Waals surface area contributed by atoms with Gasteiger partial charge in [0.05, 0.1) is 11.4 Å². The molecule has 28 heavy (non-hydrogen) atoms. The molecule has 0 radical (unpaired) electrons. The fourth-order valence-electron chi connectivity index (χ4n) is 2.91. The molecule has 0 saturated carbocycles. The van der Waals surface area contributed by atoms with Gasteiger partial charge in [-0.25, -0.2) is 0 Å². The first-order chi connectivity index (χ1) is 13.6. The standard InChI is InChI=1S/C20H18N6OS/c1-13-9-14(2)11-16(10-13)22-19(27)12-28-20-24-23-18-4-3-17(25-26(18)20)15-5-7-21-8-6-15/h3-11H,12H2,1-2H3,(H,22,27). The highest BCUT2D eigenvalue weighted by molar-refractivity contribution is 7.99. The molecule has 4 rings (SSSR count). The van der Waals surface area contributed by atoms with Crippen LogP contribution in [0.2, 0.25) is 0 Å². The van der Waals surface area contributed by atoms with Gasteiger partial charge in [0.25, 0.3) is 0 Å². The molecular weight excluding hydrogens is 372 g/mol. The Labute approximate surface area is 166 Å². The lowest BCUT2D eigenvalue weighted by atomic mass is 10.1. The SMILES string of the molecule is Cc1cc(C)cc(NC(=O)CSc2nnc3ccc(-c4ccncc4)nn23)c1. The molecule has 3 aromatic heterocycles. The van der Waals surface area contributed by atoms with Crippen molar-refractivity contribution < 1.29 is 4.79 Å². The quantitative estimate of drug-likeness (QED) is 0.525. The number of hydrogen-bond donors (Lipinski definition) is 1. The van der Waals surface area contributed by atoms with Crippen molar-refractivity contribution in [3.05, 3.63) is 66.0 Å². The zero-order chi connectivity index (χ0) is 19.5. The fourth-order valence-corrected chi connectivity index (χ4v) is 3.60. The molecule has 0 aliphatic heterocycles. The minimum Gasteiger partial charge on any atom is -0.325 e. The van der Waals surface area contributed by atoms with Crippen LogP contribution in [-0.2, 0) is 4.79 Å². The van der Waals surface area contributed by atoms with Crippen molar-refractivity contribution in [2.75, 3.05) is 11.1 Å². The predicted octanol–water partition coefficient (Wildman–Crippen LogP) is 3.53. The largest absolute Gasteiger partial charge is 0.325 e. The normalized spacial score (nSPS) is 10.9. The molecule has 4 aromatic rings. The van der Waals surface area contributed by atoms with Crippen molar-refractivity contribution in [3.63, 3.8) is 0 Å². The van der Waals surface area contributed by atoms with Crippen LogP contribution in [0.15, 0.2) is 60.0 Å². The van der Waals surface area contributed by atoms with Crippen LogP contribution in [0.1, 0.15) is 11.1 Å². The number of fused-ring (bicyclic) bond motifs is 1. The van der Waals surface area contributed by atoms with Gasteiger partial charge in [-0.15, -0.1) is 10.2 Å². The molecule has 7 nitrogen and oxygen atoms in total. The number of rotatable bonds is 5. The van der Waals surface area contributed by atoms with E-state index in [1.165, 1.54) is 11.8 Å². The van der Waals surface area contributed by atoms with E-state index in [9.17, 15) is 4.79 Å². The van der Waals surface area contributed by atoms with Gasteiger partial charge in [0.1, 0.15) is 0 Å². The number of pyridine rings is 1. The third-order valence-corrected chi connectivity index (χ3v) is 4.97. The summed E-state index contributed by atoms with van der Waals surface area (Å²) >= 11 is 1.30. The molecule has 0 aliphatic carbocycles. The first-order valence-electron chi connectivity index (χ1n) is 8.72. The highest BCUT2D eigenvalue weighted by Crippen LogP contribution is 2.21. The van der Waals surface area contributed by atoms with Gasteiger partial charge in [-0.2, -0.15) is 9.61 Å². The summed E-state index contributed by atoms with van der Waals surface area (Å²) < 4.78 is 1.66. The Kier molecular flexibility index (Phi) is 5.03. The molecule has 0 bridgehead atoms. The van der Waals surface area contributed by atoms with E-state index in [-0.39, 0.29) is 11.7 Å². The first-order valence-corrected chi connectivity index (χ1v) is 9.71. The van der Waals surface area contributed by atoms with Crippen molar-refractivity contribution in [3.8, 4) is 11.3 Å². The lowest BCUT2D eigenvalue weighted by Gasteiger charge is -2.07. The molecule has 1 aromatic carbocycles. The summed E-state index contributed by atoms with van der Waals surface area (Å²) in [7, 11) is 0. The maximum Gasteiger partial charge on any atom is 0.234 e. The minimum atomic E-state index is -0.1000. The van der Waals surface area contributed by atoms with Crippen LogP contribution in [0.4, 0.5) is 5.69 Å². The van der Waals surface area contributed by atoms with Crippen LogP contribution in [0.3, 0.4) is 0 Å². The number of nitrogens with zero attached hydrogens (tertiary/aromatic N) is 5. The number of thioether (sulfide) groups is 1. The van der Waals surface area contributed by atoms with Gasteiger partial charge in [0, 0.05) is 23.6 Å². The molecule has 1 amide bonds. The van der Waals surface area contributed by atoms with E-state index in [2.05, 4.69) is 31.7 Å². The molecule has 8 heteroatoms. The van der Waals surface area contributed by atoms with E-state index in [0.717, 1.165) is 28.1 Å². The van der Waals surface area contributed by atoms with Gasteiger partial charge in [-0.05, 0) is 61.4 Å². The molecular formula is C20H18N6OS. The number of amides is 1. The smallest absolute Gasteiger partial charge is 0.234 e. The molecule has 0 aliphatic rings. The number of nitrogens with one attached hydrogen (secondary N) is 1. The van der Waals surface area contributed by atoms with Gasteiger partial charge < -0.3 is 5.32 Å². The predicted molar refractivity (Wildman–Crippen MR) is 109 cm³/mol. The third-order valence-electron chi connectivity index (χ3n) is 4.05. The van der Waals surface area contributed by atoms with Gasteiger partial charge in [0.15, 0.2) is 5.65 Å². The molecule has 0 atom stereocenters. The summed E-state index contributed by atoms with van der Waals surface area (Å²) in [5.74, 6) is 0.117. The highest BCUT2D eigenvalue weighted by Gasteiger charge is 2.12. The Balaban J connectivity index is 1.49. The summed E-state index contributed by atoms with van der Waals surface area (Å²) in [5.41, 5.74) is 5.39. The number of anilines is 1. The summed E-state index contributed by atoms with van der Waals surface area (Å²) in [6.45, 7) is 4.01. The zero-order valence-corrected chi connectivity index (χ0v) is 16.3. The summed E-state index contributed by atoms with van der Waals surface area (Å²) in [5, 5.41) is 16.4. The van der Waals surface area contributed by atoms with E-state index >= 15 is 0 Å². The van der Waals surface area contributed by atoms with Gasteiger partial charge in [0.2, 0.25) is 11.1 Å². The first kappa shape index (κ1) is 18.1. The summed E-state index contributed by atoms with van der Waals surface area (Å²) in [4.78, 5) is 16.4. The maximum atomic E-state index is 12.3. The second-order valence-corrected chi connectivity index (χ2v) is 7.36. The average molecular weight is 390 g/mol. The zero-order valence-electron chi connectivity index (χ0n) is 15.5. The second-order valence-electron chi connectivity index (χ2n) is 6.42. The Morgan fingerprint density at radius 3 is 2.54 bits per heavy atom. The number of aryl methyl sites for hydroxylation is 2. The average Bonchev–Trinajstić information content (AvgIpc) is 3.08. The second kappa shape index (κ2) is 7.77. The summed E-state index contributed by atoms with van der Waals surface area (Å²) in [6.07, 6.45) is 3.45. The lowest BCUT2D eigenvalue weighted by molar-refractivity contribution is -0.113. The summed E-state index contributed by atoms with van der Waals surface area (Å²) in [6, 6.07) is 13.5. The number of carbonyl (C=O) groups is 1. The van der Waals surface area contributed by atoms with Crippen molar-refractivity contribution >= 4 is 29.0 Å². The molecule has 3 heterocycles. The number of hydrogen-bond acceptors (Lipinski definition) is 6. The number of carbonyl (C=O) groups excluding carboxylic acids is 1. The number of aromatic nitrogens is 5. The van der Waals surface area contributed by atoms with E-state index < -0.39 is 0 Å². The van der Waals surface area contributed by atoms with Crippen LogP contribution in [0.25, 0.3) is 16.9 Å². The van der Waals surface area contributed by atoms with Gasteiger partial charge >= 0.3 is 0 Å². The lowest BCUT2D eigenvalue weighted by Crippen LogP contribution is -2.14. The van der Waals surface area contributed by atoms with Crippen molar-refractivity contribution in [2.24, 2.45) is 0 Å². The van der Waals surface area contributed by atoms with Crippen LogP contribution in [0, 0.1) is 13.8 Å². The van der Waals surface area contributed by atoms with Crippen molar-refractivity contribution in [1.29, 1.82) is 0 Å². The van der Waals surface area contributed by atoms with Gasteiger partial charge in [-0.3, -0.25) is 9.78 Å². The van der Waals surface area contributed by atoms with Crippen molar-refractivity contribution in [1.82, 2.24) is 24.8 Å². The fraction of sp³-hybridized carbons (Fsp3) is 0.150.